The average molecular weight is 358 g/mol. The Balaban J connectivity index is 2.15. The van der Waals surface area contributed by atoms with E-state index < -0.39 is 48.1 Å². The molecule has 1 aromatic carbocycles. The van der Waals surface area contributed by atoms with Crippen LogP contribution in [0, 0.1) is 0 Å². The maximum atomic E-state index is 13.0. The topological polar surface area (TPSA) is 41.1 Å². The van der Waals surface area contributed by atoms with E-state index >= 15 is 0 Å². The third kappa shape index (κ3) is 4.59. The summed E-state index contributed by atoms with van der Waals surface area (Å²) in [4.78, 5) is 11.7. The molecule has 1 aromatic rings. The molecule has 0 aliphatic carbocycles. The second kappa shape index (κ2) is 6.58. The summed E-state index contributed by atoms with van der Waals surface area (Å²) in [5.41, 5.74) is -3.26. The summed E-state index contributed by atoms with van der Waals surface area (Å²) in [5.74, 6) is -0.680. The number of rotatable bonds is 3. The predicted molar refractivity (Wildman–Crippen MR) is 69.6 cm³/mol. The first-order chi connectivity index (χ1) is 11.0. The lowest BCUT2D eigenvalue weighted by molar-refractivity contribution is -0.143. The van der Waals surface area contributed by atoms with Crippen LogP contribution in [0.4, 0.5) is 30.7 Å². The summed E-state index contributed by atoms with van der Waals surface area (Å²) in [6, 6.07) is 0.232. The van der Waals surface area contributed by atoms with Gasteiger partial charge in [0, 0.05) is 19.5 Å². The van der Waals surface area contributed by atoms with Gasteiger partial charge in [0.1, 0.15) is 6.17 Å². The van der Waals surface area contributed by atoms with Crippen molar-refractivity contribution in [2.75, 3.05) is 6.54 Å². The monoisotopic (exact) mass is 358 g/mol. The molecule has 1 aliphatic rings. The van der Waals surface area contributed by atoms with E-state index in [-0.39, 0.29) is 24.6 Å². The van der Waals surface area contributed by atoms with E-state index in [0.717, 1.165) is 0 Å². The van der Waals surface area contributed by atoms with E-state index in [9.17, 15) is 35.5 Å². The van der Waals surface area contributed by atoms with Crippen LogP contribution >= 0.6 is 0 Å². The predicted octanol–water partition coefficient (Wildman–Crippen LogP) is 3.04. The Bertz CT molecular complexity index is 580. The highest BCUT2D eigenvalue weighted by Crippen LogP contribution is 2.36. The number of alkyl halides is 7. The van der Waals surface area contributed by atoms with E-state index in [1.165, 1.54) is 0 Å². The molecule has 10 heteroatoms. The van der Waals surface area contributed by atoms with Gasteiger partial charge in [-0.25, -0.2) is 4.39 Å². The summed E-state index contributed by atoms with van der Waals surface area (Å²) in [5, 5.41) is 4.78. The minimum atomic E-state index is -4.95. The molecule has 134 valence electrons. The van der Waals surface area contributed by atoms with Gasteiger partial charge in [-0.05, 0) is 23.8 Å². The molecule has 0 bridgehead atoms. The molecule has 2 atom stereocenters. The number of halogens is 7. The number of hydrogen-bond acceptors (Lipinski definition) is 2. The minimum Gasteiger partial charge on any atom is -0.351 e. The zero-order valence-corrected chi connectivity index (χ0v) is 12.1. The van der Waals surface area contributed by atoms with Crippen LogP contribution in [-0.2, 0) is 23.7 Å². The Morgan fingerprint density at radius 2 is 1.62 bits per heavy atom. The molecule has 2 rings (SSSR count). The molecule has 1 aliphatic heterocycles. The highest BCUT2D eigenvalue weighted by Gasteiger charge is 2.37. The zero-order chi connectivity index (χ0) is 18.1. The van der Waals surface area contributed by atoms with Crippen molar-refractivity contribution < 1.29 is 35.5 Å². The summed E-state index contributed by atoms with van der Waals surface area (Å²) in [6.07, 6.45) is -11.2. The lowest BCUT2D eigenvalue weighted by Gasteiger charge is -2.15. The Labute approximate surface area is 132 Å². The Morgan fingerprint density at radius 1 is 1.08 bits per heavy atom. The SMILES string of the molecule is O=C(NCc1cc(C(F)(F)F)cc(C(F)(F)F)c1)[C@@H]1C[C@H](F)CN1. The molecule has 1 heterocycles. The highest BCUT2D eigenvalue weighted by molar-refractivity contribution is 5.82. The molecule has 0 saturated carbocycles. The molecule has 24 heavy (non-hydrogen) atoms. The van der Waals surface area contributed by atoms with Crippen LogP contribution in [-0.4, -0.2) is 24.7 Å². The minimum absolute atomic E-state index is 0.0115. The molecule has 0 spiro atoms. The molecule has 0 radical (unpaired) electrons. The van der Waals surface area contributed by atoms with Gasteiger partial charge in [0.2, 0.25) is 5.91 Å². The van der Waals surface area contributed by atoms with Crippen LogP contribution in [0.1, 0.15) is 23.1 Å². The summed E-state index contributed by atoms with van der Waals surface area (Å²) >= 11 is 0. The summed E-state index contributed by atoms with van der Waals surface area (Å²) in [6.45, 7) is -0.555. The Hall–Kier alpha value is -1.84. The largest absolute Gasteiger partial charge is 0.416 e. The van der Waals surface area contributed by atoms with E-state index in [1.54, 1.807) is 0 Å². The van der Waals surface area contributed by atoms with Crippen molar-refractivity contribution in [3.05, 3.63) is 34.9 Å². The van der Waals surface area contributed by atoms with Gasteiger partial charge >= 0.3 is 12.4 Å². The normalized spacial score (nSPS) is 21.8. The van der Waals surface area contributed by atoms with Crippen LogP contribution in [0.3, 0.4) is 0 Å². The number of benzene rings is 1. The van der Waals surface area contributed by atoms with E-state index in [4.69, 9.17) is 0 Å². The van der Waals surface area contributed by atoms with E-state index in [1.807, 2.05) is 0 Å². The van der Waals surface area contributed by atoms with Gasteiger partial charge in [0.05, 0.1) is 17.2 Å². The first-order valence-corrected chi connectivity index (χ1v) is 6.90. The molecule has 2 N–H and O–H groups in total. The van der Waals surface area contributed by atoms with Crippen molar-refractivity contribution in [2.24, 2.45) is 0 Å². The number of hydrogen-bond donors (Lipinski definition) is 2. The van der Waals surface area contributed by atoms with Gasteiger partial charge in [0.15, 0.2) is 0 Å². The van der Waals surface area contributed by atoms with Gasteiger partial charge in [-0.2, -0.15) is 26.3 Å². The fourth-order valence-corrected chi connectivity index (χ4v) is 2.33. The summed E-state index contributed by atoms with van der Waals surface area (Å²) < 4.78 is 89.3. The molecule has 0 aromatic heterocycles. The maximum Gasteiger partial charge on any atom is 0.416 e. The zero-order valence-electron chi connectivity index (χ0n) is 12.1. The van der Waals surface area contributed by atoms with Gasteiger partial charge in [-0.3, -0.25) is 4.79 Å². The highest BCUT2D eigenvalue weighted by atomic mass is 19.4. The average Bonchev–Trinajstić information content (AvgIpc) is 2.89. The number of carbonyl (C=O) groups is 1. The van der Waals surface area contributed by atoms with Gasteiger partial charge in [-0.15, -0.1) is 0 Å². The molecule has 0 unspecified atom stereocenters. The van der Waals surface area contributed by atoms with Crippen LogP contribution in [0.15, 0.2) is 18.2 Å². The quantitative estimate of drug-likeness (QED) is 0.816. The molecule has 1 fully saturated rings. The standard InChI is InChI=1S/C14H13F7N2O/c15-10-4-11(22-6-10)12(24)23-5-7-1-8(13(16,17)18)3-9(2-7)14(19,20)21/h1-3,10-11,22H,4-6H2,(H,23,24)/t10-,11-/m0/s1. The fourth-order valence-electron chi connectivity index (χ4n) is 2.33. The maximum absolute atomic E-state index is 13.0. The molecule has 1 amide bonds. The first-order valence-electron chi connectivity index (χ1n) is 6.90. The molecule has 3 nitrogen and oxygen atoms in total. The number of nitrogens with one attached hydrogen (secondary N) is 2. The Kier molecular flexibility index (Phi) is 5.07. The first kappa shape index (κ1) is 18.5. The van der Waals surface area contributed by atoms with E-state index in [0.29, 0.717) is 12.1 Å². The van der Waals surface area contributed by atoms with Crippen molar-refractivity contribution in [3.8, 4) is 0 Å². The third-order valence-electron chi connectivity index (χ3n) is 3.51. The number of carbonyl (C=O) groups excluding carboxylic acids is 1. The van der Waals surface area contributed by atoms with Crippen molar-refractivity contribution in [2.45, 2.75) is 37.5 Å². The van der Waals surface area contributed by atoms with E-state index in [2.05, 4.69) is 10.6 Å². The van der Waals surface area contributed by atoms with Crippen molar-refractivity contribution in [3.63, 3.8) is 0 Å². The molecular formula is C14H13F7N2O. The summed E-state index contributed by atoms with van der Waals surface area (Å²) in [7, 11) is 0. The fraction of sp³-hybridized carbons (Fsp3) is 0.500. The molecular weight excluding hydrogens is 345 g/mol. The van der Waals surface area contributed by atoms with Crippen LogP contribution in [0.5, 0.6) is 0 Å². The lowest BCUT2D eigenvalue weighted by atomic mass is 10.0. The third-order valence-corrected chi connectivity index (χ3v) is 3.51. The van der Waals surface area contributed by atoms with Crippen LogP contribution in [0.25, 0.3) is 0 Å². The van der Waals surface area contributed by atoms with Crippen molar-refractivity contribution >= 4 is 5.91 Å². The second-order valence-corrected chi connectivity index (χ2v) is 5.43. The van der Waals surface area contributed by atoms with Gasteiger partial charge in [0.25, 0.3) is 0 Å². The molecule has 1 saturated heterocycles. The van der Waals surface area contributed by atoms with Gasteiger partial charge in [-0.1, -0.05) is 0 Å². The van der Waals surface area contributed by atoms with Crippen molar-refractivity contribution in [1.29, 1.82) is 0 Å². The van der Waals surface area contributed by atoms with Crippen LogP contribution < -0.4 is 10.6 Å². The lowest BCUT2D eigenvalue weighted by Crippen LogP contribution is -2.40. The number of amides is 1. The van der Waals surface area contributed by atoms with Gasteiger partial charge < -0.3 is 10.6 Å². The second-order valence-electron chi connectivity index (χ2n) is 5.43. The smallest absolute Gasteiger partial charge is 0.351 e. The Morgan fingerprint density at radius 3 is 2.04 bits per heavy atom. The van der Waals surface area contributed by atoms with Crippen LogP contribution in [0.2, 0.25) is 0 Å². The van der Waals surface area contributed by atoms with Crippen molar-refractivity contribution in [1.82, 2.24) is 10.6 Å².